The molecule has 0 heterocycles. The molecule has 0 bridgehead atoms. The molecule has 0 aromatic heterocycles. The Morgan fingerprint density at radius 2 is 1.81 bits per heavy atom. The molecule has 1 N–H and O–H groups in total. The summed E-state index contributed by atoms with van der Waals surface area (Å²) in [6.07, 6.45) is 0.891. The molecule has 26 heavy (non-hydrogen) atoms. The number of rotatable bonds is 6. The Morgan fingerprint density at radius 3 is 2.62 bits per heavy atom. The molecule has 0 saturated carbocycles. The molecule has 3 aromatic rings. The Morgan fingerprint density at radius 1 is 1.00 bits per heavy atom. The summed E-state index contributed by atoms with van der Waals surface area (Å²) < 4.78 is 10.9. The highest BCUT2D eigenvalue weighted by molar-refractivity contribution is 5.85. The molecule has 0 radical (unpaired) electrons. The number of hydrazone groups is 1. The van der Waals surface area contributed by atoms with Crippen molar-refractivity contribution in [1.29, 1.82) is 0 Å². The van der Waals surface area contributed by atoms with Crippen molar-refractivity contribution >= 4 is 22.9 Å². The predicted octanol–water partition coefficient (Wildman–Crippen LogP) is 3.77. The highest BCUT2D eigenvalue weighted by Crippen LogP contribution is 2.21. The highest BCUT2D eigenvalue weighted by Gasteiger charge is 2.14. The number of nitrogens with one attached hydrogen (secondary N) is 1. The minimum absolute atomic E-state index is 0.322. The molecule has 1 amide bonds. The van der Waals surface area contributed by atoms with Crippen molar-refractivity contribution in [1.82, 2.24) is 5.43 Å². The summed E-state index contributed by atoms with van der Waals surface area (Å²) in [6, 6.07) is 21.1. The quantitative estimate of drug-likeness (QED) is 0.545. The molecule has 0 aliphatic carbocycles. The molecular weight excluding hydrogens is 328 g/mol. The molecule has 0 fully saturated rings. The van der Waals surface area contributed by atoms with E-state index >= 15 is 0 Å². The average molecular weight is 348 g/mol. The van der Waals surface area contributed by atoms with E-state index in [1.807, 2.05) is 66.7 Å². The van der Waals surface area contributed by atoms with Crippen molar-refractivity contribution in [2.24, 2.45) is 5.10 Å². The largest absolute Gasteiger partial charge is 0.497 e. The van der Waals surface area contributed by atoms with Crippen molar-refractivity contribution in [2.75, 3.05) is 7.11 Å². The van der Waals surface area contributed by atoms with Gasteiger partial charge < -0.3 is 9.47 Å². The fourth-order valence-electron chi connectivity index (χ4n) is 2.48. The van der Waals surface area contributed by atoms with Crippen LogP contribution in [0.1, 0.15) is 12.5 Å². The van der Waals surface area contributed by atoms with Crippen molar-refractivity contribution in [3.8, 4) is 11.5 Å². The van der Waals surface area contributed by atoms with Crippen LogP contribution in [0.4, 0.5) is 0 Å². The van der Waals surface area contributed by atoms with E-state index in [2.05, 4.69) is 10.5 Å². The fraction of sp³-hybridized carbons (Fsp3) is 0.143. The van der Waals surface area contributed by atoms with Gasteiger partial charge >= 0.3 is 0 Å². The maximum atomic E-state index is 12.1. The van der Waals surface area contributed by atoms with Crippen LogP contribution in [0.25, 0.3) is 10.8 Å². The lowest BCUT2D eigenvalue weighted by molar-refractivity contribution is -0.127. The third kappa shape index (κ3) is 4.39. The van der Waals surface area contributed by atoms with E-state index in [1.54, 1.807) is 20.2 Å². The molecule has 5 nitrogen and oxygen atoms in total. The first-order valence-corrected chi connectivity index (χ1v) is 8.28. The Balaban J connectivity index is 1.59. The molecule has 3 rings (SSSR count). The summed E-state index contributed by atoms with van der Waals surface area (Å²) >= 11 is 0. The topological polar surface area (TPSA) is 59.9 Å². The number of carbonyl (C=O) groups is 1. The second kappa shape index (κ2) is 8.16. The summed E-state index contributed by atoms with van der Waals surface area (Å²) in [5, 5.41) is 6.16. The summed E-state index contributed by atoms with van der Waals surface area (Å²) in [6.45, 7) is 1.69. The number of hydrogen-bond donors (Lipinski definition) is 1. The van der Waals surface area contributed by atoms with E-state index in [0.29, 0.717) is 5.75 Å². The number of methoxy groups -OCH3 is 1. The highest BCUT2D eigenvalue weighted by atomic mass is 16.5. The Bertz CT molecular complexity index is 937. The molecule has 132 valence electrons. The van der Waals surface area contributed by atoms with Gasteiger partial charge in [0.1, 0.15) is 11.5 Å². The van der Waals surface area contributed by atoms with Crippen molar-refractivity contribution < 1.29 is 14.3 Å². The SMILES string of the molecule is COc1cccc(/C=N/NC(=O)C(C)Oc2ccc3ccccc3c2)c1. The lowest BCUT2D eigenvalue weighted by Crippen LogP contribution is -2.33. The first-order valence-electron chi connectivity index (χ1n) is 8.28. The average Bonchev–Trinajstić information content (AvgIpc) is 2.68. The van der Waals surface area contributed by atoms with Crippen LogP contribution in [0, 0.1) is 0 Å². The second-order valence-electron chi connectivity index (χ2n) is 5.78. The van der Waals surface area contributed by atoms with Crippen LogP contribution in [0.3, 0.4) is 0 Å². The molecule has 1 unspecified atom stereocenters. The summed E-state index contributed by atoms with van der Waals surface area (Å²) in [7, 11) is 1.60. The van der Waals surface area contributed by atoms with Gasteiger partial charge in [0.2, 0.25) is 0 Å². The Labute approximate surface area is 152 Å². The number of benzene rings is 3. The van der Waals surface area contributed by atoms with Crippen LogP contribution < -0.4 is 14.9 Å². The lowest BCUT2D eigenvalue weighted by Gasteiger charge is -2.13. The molecule has 5 heteroatoms. The predicted molar refractivity (Wildman–Crippen MR) is 103 cm³/mol. The fourth-order valence-corrected chi connectivity index (χ4v) is 2.48. The summed E-state index contributed by atoms with van der Waals surface area (Å²) in [5.74, 6) is 1.05. The lowest BCUT2D eigenvalue weighted by atomic mass is 10.1. The third-order valence-electron chi connectivity index (χ3n) is 3.89. The van der Waals surface area contributed by atoms with Crippen LogP contribution in [0.2, 0.25) is 0 Å². The van der Waals surface area contributed by atoms with E-state index in [9.17, 15) is 4.79 Å². The van der Waals surface area contributed by atoms with Crippen LogP contribution in [0.5, 0.6) is 11.5 Å². The van der Waals surface area contributed by atoms with Gasteiger partial charge in [-0.05, 0) is 47.5 Å². The monoisotopic (exact) mass is 348 g/mol. The van der Waals surface area contributed by atoms with Gasteiger partial charge in [0, 0.05) is 0 Å². The molecular formula is C21H20N2O3. The number of amides is 1. The van der Waals surface area contributed by atoms with Crippen molar-refractivity contribution in [3.63, 3.8) is 0 Å². The maximum Gasteiger partial charge on any atom is 0.280 e. The van der Waals surface area contributed by atoms with Crippen molar-refractivity contribution in [2.45, 2.75) is 13.0 Å². The first kappa shape index (κ1) is 17.5. The minimum atomic E-state index is -0.668. The van der Waals surface area contributed by atoms with Crippen LogP contribution >= 0.6 is 0 Å². The second-order valence-corrected chi connectivity index (χ2v) is 5.78. The molecule has 1 atom stereocenters. The van der Waals surface area contributed by atoms with Crippen molar-refractivity contribution in [3.05, 3.63) is 72.3 Å². The number of fused-ring (bicyclic) bond motifs is 1. The smallest absolute Gasteiger partial charge is 0.280 e. The van der Waals surface area contributed by atoms with Crippen LogP contribution in [-0.2, 0) is 4.79 Å². The zero-order chi connectivity index (χ0) is 18.4. The normalized spacial score (nSPS) is 12.1. The van der Waals surface area contributed by atoms with E-state index in [1.165, 1.54) is 0 Å². The Kier molecular flexibility index (Phi) is 5.49. The van der Waals surface area contributed by atoms with Gasteiger partial charge in [-0.3, -0.25) is 4.79 Å². The molecule has 0 aliphatic heterocycles. The van der Waals surface area contributed by atoms with Crippen LogP contribution in [-0.4, -0.2) is 25.3 Å². The van der Waals surface area contributed by atoms with Gasteiger partial charge in [0.15, 0.2) is 6.10 Å². The zero-order valence-electron chi connectivity index (χ0n) is 14.7. The van der Waals surface area contributed by atoms with Gasteiger partial charge in [0.25, 0.3) is 5.91 Å². The van der Waals surface area contributed by atoms with Gasteiger partial charge in [-0.1, -0.05) is 42.5 Å². The number of carbonyl (C=O) groups excluding carboxylic acids is 1. The minimum Gasteiger partial charge on any atom is -0.497 e. The number of ether oxygens (including phenoxy) is 2. The standard InChI is InChI=1S/C21H20N2O3/c1-15(26-20-11-10-17-7-3-4-8-18(17)13-20)21(24)23-22-14-16-6-5-9-19(12-16)25-2/h3-15H,1-2H3,(H,23,24)/b22-14+. The van der Waals surface area contributed by atoms with E-state index in [0.717, 1.165) is 22.1 Å². The molecule has 0 spiro atoms. The number of hydrogen-bond acceptors (Lipinski definition) is 4. The summed E-state index contributed by atoms with van der Waals surface area (Å²) in [5.41, 5.74) is 3.32. The molecule has 3 aromatic carbocycles. The van der Waals surface area contributed by atoms with E-state index in [-0.39, 0.29) is 5.91 Å². The van der Waals surface area contributed by atoms with E-state index in [4.69, 9.17) is 9.47 Å². The van der Waals surface area contributed by atoms with Gasteiger partial charge in [-0.15, -0.1) is 0 Å². The molecule has 0 aliphatic rings. The van der Waals surface area contributed by atoms with Crippen LogP contribution in [0.15, 0.2) is 71.8 Å². The Hall–Kier alpha value is -3.34. The van der Waals surface area contributed by atoms with E-state index < -0.39 is 6.10 Å². The van der Waals surface area contributed by atoms with Gasteiger partial charge in [-0.25, -0.2) is 5.43 Å². The first-order chi connectivity index (χ1) is 12.7. The third-order valence-corrected chi connectivity index (χ3v) is 3.89. The number of nitrogens with zero attached hydrogens (tertiary/aromatic N) is 1. The summed E-state index contributed by atoms with van der Waals surface area (Å²) in [4.78, 5) is 12.1. The van der Waals surface area contributed by atoms with Gasteiger partial charge in [0.05, 0.1) is 13.3 Å². The zero-order valence-corrected chi connectivity index (χ0v) is 14.7. The maximum absolute atomic E-state index is 12.1. The van der Waals surface area contributed by atoms with Gasteiger partial charge in [-0.2, -0.15) is 5.10 Å². The molecule has 0 saturated heterocycles.